The van der Waals surface area contributed by atoms with E-state index in [-0.39, 0.29) is 48.6 Å². The molecule has 5 N–H and O–H groups in total. The number of esters is 1. The van der Waals surface area contributed by atoms with Gasteiger partial charge in [-0.2, -0.15) is 0 Å². The Balaban J connectivity index is 1.82. The first-order chi connectivity index (χ1) is 18.5. The number of hydrogen-bond donors (Lipinski definition) is 5. The van der Waals surface area contributed by atoms with Crippen molar-refractivity contribution in [3.05, 3.63) is 29.8 Å². The molecule has 2 amide bonds. The van der Waals surface area contributed by atoms with Crippen LogP contribution in [0.2, 0.25) is 0 Å². The van der Waals surface area contributed by atoms with Crippen LogP contribution in [-0.4, -0.2) is 90.4 Å². The molecule has 0 radical (unpaired) electrons. The molecule has 3 atom stereocenters. The monoisotopic (exact) mass is 574 g/mol. The number of amides is 2. The largest absolute Gasteiger partial charge is 0.425 e. The molecule has 16 heteroatoms. The second kappa shape index (κ2) is 16.4. The maximum atomic E-state index is 13.1. The molecule has 0 bridgehead atoms. The normalized spacial score (nSPS) is 16.8. The van der Waals surface area contributed by atoms with Crippen molar-refractivity contribution in [1.82, 2.24) is 21.0 Å². The van der Waals surface area contributed by atoms with Gasteiger partial charge in [0.25, 0.3) is 0 Å². The molecule has 1 aromatic rings. The van der Waals surface area contributed by atoms with Crippen LogP contribution in [0.3, 0.4) is 0 Å². The van der Waals surface area contributed by atoms with Gasteiger partial charge >= 0.3 is 5.97 Å². The second-order valence-electron chi connectivity index (χ2n) is 8.79. The molecule has 1 aliphatic rings. The van der Waals surface area contributed by atoms with Crippen molar-refractivity contribution >= 4 is 34.7 Å². The molecular formula is C23H34N4O11S. The van der Waals surface area contributed by atoms with E-state index in [1.54, 1.807) is 25.1 Å². The van der Waals surface area contributed by atoms with Gasteiger partial charge in [0.15, 0.2) is 0 Å². The lowest BCUT2D eigenvalue weighted by Gasteiger charge is -2.26. The van der Waals surface area contributed by atoms with E-state index in [0.717, 1.165) is 11.8 Å². The Bertz CT molecular complexity index is 981. The Kier molecular flexibility index (Phi) is 13.7. The van der Waals surface area contributed by atoms with Gasteiger partial charge in [0.2, 0.25) is 16.9 Å². The number of carbonyl (C=O) groups excluding carboxylic acids is 4. The zero-order valence-electron chi connectivity index (χ0n) is 21.6. The summed E-state index contributed by atoms with van der Waals surface area (Å²) in [4.78, 5) is 60.7. The summed E-state index contributed by atoms with van der Waals surface area (Å²) in [5.41, 5.74) is 0.516. The second-order valence-corrected chi connectivity index (χ2v) is 9.82. The third-order valence-corrected chi connectivity index (χ3v) is 6.96. The summed E-state index contributed by atoms with van der Waals surface area (Å²) in [5.74, 6) is -1.51. The topological polar surface area (TPSA) is 199 Å². The Hall–Kier alpha value is -2.67. The molecule has 0 spiro atoms. The van der Waals surface area contributed by atoms with Crippen LogP contribution in [0.1, 0.15) is 45.1 Å². The fourth-order valence-electron chi connectivity index (χ4n) is 3.73. The summed E-state index contributed by atoms with van der Waals surface area (Å²) >= 11 is 0.909. The number of likely N-dealkylation sites (tertiary alicyclic amines) is 1. The number of benzene rings is 1. The van der Waals surface area contributed by atoms with Crippen LogP contribution in [0.15, 0.2) is 24.3 Å². The number of carbonyl (C=O) groups is 4. The van der Waals surface area contributed by atoms with Crippen molar-refractivity contribution < 1.29 is 54.4 Å². The SMILES string of the molecule is CC(NC(=O)CCCON(O)O)C(=O)SC[C@@H](C)C(=O)N1CCC[C@H]1C(=O)Oc1cccc(CON(O)O)c1. The van der Waals surface area contributed by atoms with Crippen LogP contribution < -0.4 is 10.1 Å². The van der Waals surface area contributed by atoms with Crippen LogP contribution in [0.4, 0.5) is 0 Å². The molecule has 15 nitrogen and oxygen atoms in total. The summed E-state index contributed by atoms with van der Waals surface area (Å²) < 4.78 is 5.46. The van der Waals surface area contributed by atoms with Crippen molar-refractivity contribution in [2.75, 3.05) is 18.9 Å². The van der Waals surface area contributed by atoms with Gasteiger partial charge in [0.1, 0.15) is 11.8 Å². The van der Waals surface area contributed by atoms with E-state index in [4.69, 9.17) is 25.6 Å². The summed E-state index contributed by atoms with van der Waals surface area (Å²) in [6.45, 7) is 3.28. The van der Waals surface area contributed by atoms with E-state index in [2.05, 4.69) is 15.0 Å². The van der Waals surface area contributed by atoms with Crippen molar-refractivity contribution in [2.24, 2.45) is 5.92 Å². The van der Waals surface area contributed by atoms with E-state index < -0.39 is 40.7 Å². The number of nitrogens with zero attached hydrogens (tertiary/aromatic N) is 3. The van der Waals surface area contributed by atoms with Crippen molar-refractivity contribution in [3.8, 4) is 5.75 Å². The Labute approximate surface area is 228 Å². The van der Waals surface area contributed by atoms with Crippen molar-refractivity contribution in [3.63, 3.8) is 0 Å². The van der Waals surface area contributed by atoms with Gasteiger partial charge in [-0.1, -0.05) is 30.8 Å². The smallest absolute Gasteiger partial charge is 0.334 e. The summed E-state index contributed by atoms with van der Waals surface area (Å²) in [7, 11) is 0. The molecule has 39 heavy (non-hydrogen) atoms. The molecule has 1 aliphatic heterocycles. The first-order valence-corrected chi connectivity index (χ1v) is 13.1. The fraction of sp³-hybridized carbons (Fsp3) is 0.565. The zero-order valence-corrected chi connectivity index (χ0v) is 22.4. The number of thioether (sulfide) groups is 1. The minimum absolute atomic E-state index is 0.0134. The van der Waals surface area contributed by atoms with Crippen LogP contribution >= 0.6 is 11.8 Å². The van der Waals surface area contributed by atoms with Crippen LogP contribution in [0.5, 0.6) is 5.75 Å². The lowest BCUT2D eigenvalue weighted by atomic mass is 10.1. The highest BCUT2D eigenvalue weighted by Gasteiger charge is 2.37. The molecule has 0 saturated carbocycles. The molecular weight excluding hydrogens is 540 g/mol. The number of rotatable bonds is 15. The van der Waals surface area contributed by atoms with E-state index in [1.807, 2.05) is 0 Å². The van der Waals surface area contributed by atoms with Gasteiger partial charge in [-0.25, -0.2) is 9.63 Å². The minimum Gasteiger partial charge on any atom is -0.425 e. The molecule has 1 heterocycles. The summed E-state index contributed by atoms with van der Waals surface area (Å²) in [6, 6.07) is 4.71. The maximum absolute atomic E-state index is 13.1. The van der Waals surface area contributed by atoms with Gasteiger partial charge in [-0.3, -0.25) is 40.1 Å². The van der Waals surface area contributed by atoms with Crippen molar-refractivity contribution in [1.29, 1.82) is 0 Å². The molecule has 1 fully saturated rings. The first-order valence-electron chi connectivity index (χ1n) is 12.2. The molecule has 0 aromatic heterocycles. The first kappa shape index (κ1) is 32.5. The lowest BCUT2D eigenvalue weighted by molar-refractivity contribution is -0.497. The highest BCUT2D eigenvalue weighted by Crippen LogP contribution is 2.24. The highest BCUT2D eigenvalue weighted by atomic mass is 32.2. The average Bonchev–Trinajstić information content (AvgIpc) is 3.38. The standard InChI is InChI=1S/C23H34N4O11S/c1-15(14-39-23(31)16(2)24-20(28)9-5-11-36-26(32)33)21(29)25-10-4-8-19(25)22(30)38-18-7-3-6-17(12-18)13-37-27(34)35/h3,6-7,12,15-16,19,32-35H,4-5,8-11,13-14H2,1-2H3,(H,24,28)/t15-,16?,19+/m1/s1. The summed E-state index contributed by atoms with van der Waals surface area (Å²) in [5, 5.41) is 35.6. The molecule has 2 rings (SSSR count). The van der Waals surface area contributed by atoms with Gasteiger partial charge in [0.05, 0.1) is 30.0 Å². The Morgan fingerprint density at radius 3 is 2.54 bits per heavy atom. The molecule has 1 saturated heterocycles. The van der Waals surface area contributed by atoms with Gasteiger partial charge in [-0.15, -0.1) is 0 Å². The van der Waals surface area contributed by atoms with Crippen LogP contribution in [0.25, 0.3) is 0 Å². The predicted molar refractivity (Wildman–Crippen MR) is 132 cm³/mol. The third-order valence-electron chi connectivity index (χ3n) is 5.65. The van der Waals surface area contributed by atoms with E-state index in [1.165, 1.54) is 17.9 Å². The van der Waals surface area contributed by atoms with E-state index >= 15 is 0 Å². The minimum atomic E-state index is -0.800. The lowest BCUT2D eigenvalue weighted by Crippen LogP contribution is -2.45. The molecule has 0 aliphatic carbocycles. The molecule has 1 unspecified atom stereocenters. The Morgan fingerprint density at radius 1 is 1.13 bits per heavy atom. The average molecular weight is 575 g/mol. The number of hydrogen-bond acceptors (Lipinski definition) is 14. The quantitative estimate of drug-likeness (QED) is 0.0868. The van der Waals surface area contributed by atoms with E-state index in [0.29, 0.717) is 24.9 Å². The maximum Gasteiger partial charge on any atom is 0.334 e. The van der Waals surface area contributed by atoms with Gasteiger partial charge in [0, 0.05) is 24.6 Å². The van der Waals surface area contributed by atoms with Gasteiger partial charge in [-0.05, 0) is 43.9 Å². The predicted octanol–water partition coefficient (Wildman–Crippen LogP) is 1.29. The van der Waals surface area contributed by atoms with Crippen molar-refractivity contribution in [2.45, 2.75) is 58.2 Å². The number of nitrogens with one attached hydrogen (secondary N) is 1. The summed E-state index contributed by atoms with van der Waals surface area (Å²) in [6.07, 6.45) is 1.26. The van der Waals surface area contributed by atoms with Gasteiger partial charge < -0.3 is 15.0 Å². The Morgan fingerprint density at radius 2 is 1.85 bits per heavy atom. The number of ether oxygens (including phenoxy) is 1. The molecule has 1 aromatic carbocycles. The zero-order chi connectivity index (χ0) is 28.9. The molecule has 218 valence electrons. The van der Waals surface area contributed by atoms with Crippen LogP contribution in [-0.2, 0) is 35.5 Å². The fourth-order valence-corrected chi connectivity index (χ4v) is 4.59. The third kappa shape index (κ3) is 11.5. The van der Waals surface area contributed by atoms with Crippen LogP contribution in [0, 0.1) is 5.92 Å². The highest BCUT2D eigenvalue weighted by molar-refractivity contribution is 8.13. The van der Waals surface area contributed by atoms with E-state index in [9.17, 15) is 19.2 Å².